The van der Waals surface area contributed by atoms with Gasteiger partial charge in [0.1, 0.15) is 0 Å². The first-order chi connectivity index (χ1) is 14.1. The van der Waals surface area contributed by atoms with Gasteiger partial charge in [-0.3, -0.25) is 4.79 Å². The van der Waals surface area contributed by atoms with E-state index in [1.807, 2.05) is 13.8 Å². The fourth-order valence-electron chi connectivity index (χ4n) is 3.66. The number of aryl methyl sites for hydroxylation is 2. The Balaban J connectivity index is 1.69. The monoisotopic (exact) mass is 413 g/mol. The fourth-order valence-corrected chi connectivity index (χ4v) is 3.66. The maximum absolute atomic E-state index is 13.4. The molecule has 1 aliphatic carbocycles. The molecule has 0 radical (unpaired) electrons. The normalized spacial score (nSPS) is 15.3. The Labute approximate surface area is 172 Å². The summed E-state index contributed by atoms with van der Waals surface area (Å²) in [6.07, 6.45) is -2.72. The Morgan fingerprint density at radius 2 is 1.70 bits per heavy atom. The first-order valence-corrected chi connectivity index (χ1v) is 9.90. The Kier molecular flexibility index (Phi) is 5.00. The fraction of sp³-hybridized carbons (Fsp3) is 0.348. The highest BCUT2D eigenvalue weighted by Gasteiger charge is 2.38. The van der Waals surface area contributed by atoms with Crippen LogP contribution in [0.2, 0.25) is 0 Å². The van der Waals surface area contributed by atoms with Crippen LogP contribution in [0.25, 0.3) is 11.0 Å². The van der Waals surface area contributed by atoms with Crippen LogP contribution in [-0.4, -0.2) is 26.8 Å². The van der Waals surface area contributed by atoms with E-state index < -0.39 is 17.8 Å². The van der Waals surface area contributed by atoms with Crippen molar-refractivity contribution in [3.8, 4) is 0 Å². The molecule has 2 aromatic carbocycles. The number of alkyl halides is 3. The molecule has 1 fully saturated rings. The molecule has 0 unspecified atom stereocenters. The van der Waals surface area contributed by atoms with Crippen molar-refractivity contribution in [2.24, 2.45) is 0 Å². The number of carbonyl (C=O) groups excluding carboxylic acids is 1. The van der Waals surface area contributed by atoms with Crippen molar-refractivity contribution in [1.29, 1.82) is 0 Å². The summed E-state index contributed by atoms with van der Waals surface area (Å²) in [5.41, 5.74) is 3.19. The molecule has 7 heteroatoms. The van der Waals surface area contributed by atoms with Crippen LogP contribution < -0.4 is 0 Å². The van der Waals surface area contributed by atoms with E-state index in [0.29, 0.717) is 22.2 Å². The molecule has 3 aromatic rings. The quantitative estimate of drug-likeness (QED) is 0.557. The molecule has 1 heterocycles. The summed E-state index contributed by atoms with van der Waals surface area (Å²) in [5, 5.41) is 0. The van der Waals surface area contributed by atoms with Crippen LogP contribution in [0, 0.1) is 13.8 Å². The second-order valence-electron chi connectivity index (χ2n) is 7.84. The van der Waals surface area contributed by atoms with Gasteiger partial charge in [-0.2, -0.15) is 13.2 Å². The zero-order chi connectivity index (χ0) is 21.6. The van der Waals surface area contributed by atoms with Gasteiger partial charge in [0.05, 0.1) is 34.0 Å². The van der Waals surface area contributed by atoms with Gasteiger partial charge in [0.2, 0.25) is 0 Å². The second kappa shape index (κ2) is 7.38. The highest BCUT2D eigenvalue weighted by molar-refractivity contribution is 5.97. The molecule has 30 heavy (non-hydrogen) atoms. The summed E-state index contributed by atoms with van der Waals surface area (Å²) in [5.74, 6) is -0.204. The van der Waals surface area contributed by atoms with E-state index in [-0.39, 0.29) is 11.9 Å². The molecule has 0 aliphatic heterocycles. The molecule has 0 N–H and O–H groups in total. The summed E-state index contributed by atoms with van der Waals surface area (Å²) in [7, 11) is 0. The minimum Gasteiger partial charge on any atom is -0.329 e. The summed E-state index contributed by atoms with van der Waals surface area (Å²) < 4.78 is 39.4. The molecule has 4 rings (SSSR count). The number of halogens is 3. The number of aromatic nitrogens is 2. The van der Waals surface area contributed by atoms with E-state index in [1.54, 1.807) is 36.1 Å². The Morgan fingerprint density at radius 1 is 1.03 bits per heavy atom. The van der Waals surface area contributed by atoms with Crippen LogP contribution in [0.5, 0.6) is 0 Å². The molecule has 4 nitrogen and oxygen atoms in total. The first-order valence-electron chi connectivity index (χ1n) is 9.90. The molecule has 1 aromatic heterocycles. The average molecular weight is 413 g/mol. The second-order valence-corrected chi connectivity index (χ2v) is 7.84. The summed E-state index contributed by atoms with van der Waals surface area (Å²) in [6, 6.07) is 9.95. The maximum Gasteiger partial charge on any atom is 0.416 e. The van der Waals surface area contributed by atoms with E-state index >= 15 is 0 Å². The topological polar surface area (TPSA) is 46.1 Å². The van der Waals surface area contributed by atoms with E-state index in [4.69, 9.17) is 0 Å². The maximum atomic E-state index is 13.4. The number of rotatable bonds is 4. The van der Waals surface area contributed by atoms with Gasteiger partial charge < -0.3 is 4.90 Å². The van der Waals surface area contributed by atoms with Crippen molar-refractivity contribution in [3.05, 3.63) is 70.5 Å². The summed E-state index contributed by atoms with van der Waals surface area (Å²) in [6.45, 7) is 5.52. The van der Waals surface area contributed by atoms with Crippen molar-refractivity contribution >= 4 is 16.9 Å². The van der Waals surface area contributed by atoms with Crippen LogP contribution in [0.1, 0.15) is 58.7 Å². The zero-order valence-electron chi connectivity index (χ0n) is 17.0. The van der Waals surface area contributed by atoms with Gasteiger partial charge in [-0.15, -0.1) is 0 Å². The van der Waals surface area contributed by atoms with Crippen LogP contribution in [-0.2, 0) is 6.18 Å². The Hall–Kier alpha value is -2.96. The van der Waals surface area contributed by atoms with Crippen molar-refractivity contribution in [3.63, 3.8) is 0 Å². The van der Waals surface area contributed by atoms with Gasteiger partial charge >= 0.3 is 6.18 Å². The van der Waals surface area contributed by atoms with Crippen molar-refractivity contribution in [1.82, 2.24) is 14.9 Å². The number of fused-ring (bicyclic) bond motifs is 1. The van der Waals surface area contributed by atoms with Crippen molar-refractivity contribution < 1.29 is 18.0 Å². The lowest BCUT2D eigenvalue weighted by atomic mass is 10.0. The lowest BCUT2D eigenvalue weighted by molar-refractivity contribution is -0.137. The molecular weight excluding hydrogens is 391 g/mol. The van der Waals surface area contributed by atoms with Crippen molar-refractivity contribution in [2.45, 2.75) is 51.9 Å². The number of amides is 1. The lowest BCUT2D eigenvalue weighted by Gasteiger charge is -2.30. The largest absolute Gasteiger partial charge is 0.416 e. The first kappa shape index (κ1) is 20.3. The summed E-state index contributed by atoms with van der Waals surface area (Å²) >= 11 is 0. The molecule has 1 atom stereocenters. The predicted molar refractivity (Wildman–Crippen MR) is 108 cm³/mol. The zero-order valence-corrected chi connectivity index (χ0v) is 17.0. The van der Waals surface area contributed by atoms with Crippen molar-refractivity contribution in [2.75, 3.05) is 0 Å². The van der Waals surface area contributed by atoms with E-state index in [2.05, 4.69) is 9.97 Å². The lowest BCUT2D eigenvalue weighted by Crippen LogP contribution is -2.35. The predicted octanol–water partition coefficient (Wildman–Crippen LogP) is 5.63. The SMILES string of the molecule is Cc1nc2ccc(C(=O)N(C3CC3)[C@@H](C)c3cccc(C(F)(F)F)c3)cc2nc1C. The number of hydrogen-bond donors (Lipinski definition) is 0. The van der Waals surface area contributed by atoms with Gasteiger partial charge in [0, 0.05) is 11.6 Å². The summed E-state index contributed by atoms with van der Waals surface area (Å²) in [4.78, 5) is 24.1. The molecule has 156 valence electrons. The third kappa shape index (κ3) is 3.88. The molecule has 0 spiro atoms. The van der Waals surface area contributed by atoms with Crippen LogP contribution in [0.3, 0.4) is 0 Å². The minimum absolute atomic E-state index is 0.0311. The molecule has 0 saturated heterocycles. The average Bonchev–Trinajstić information content (AvgIpc) is 3.53. The standard InChI is InChI=1S/C23H22F3N3O/c1-13-14(2)28-21-12-17(7-10-20(21)27-13)22(30)29(19-8-9-19)15(3)16-5-4-6-18(11-16)23(24,25)26/h4-7,10-12,15,19H,8-9H2,1-3H3/t15-/m0/s1. The van der Waals surface area contributed by atoms with Gasteiger partial charge in [0.15, 0.2) is 0 Å². The van der Waals surface area contributed by atoms with Gasteiger partial charge in [-0.1, -0.05) is 12.1 Å². The minimum atomic E-state index is -4.42. The third-order valence-corrected chi connectivity index (χ3v) is 5.61. The number of nitrogens with zero attached hydrogens (tertiary/aromatic N) is 3. The molecular formula is C23H22F3N3O. The Morgan fingerprint density at radius 3 is 2.33 bits per heavy atom. The highest BCUT2D eigenvalue weighted by Crippen LogP contribution is 2.37. The number of carbonyl (C=O) groups is 1. The van der Waals surface area contributed by atoms with Gasteiger partial charge in [-0.05, 0) is 69.5 Å². The molecule has 1 saturated carbocycles. The molecule has 0 bridgehead atoms. The number of hydrogen-bond acceptors (Lipinski definition) is 3. The van der Waals surface area contributed by atoms with E-state index in [1.165, 1.54) is 6.07 Å². The van der Waals surface area contributed by atoms with E-state index in [0.717, 1.165) is 36.4 Å². The number of benzene rings is 2. The third-order valence-electron chi connectivity index (χ3n) is 5.61. The molecule has 1 amide bonds. The Bertz CT molecular complexity index is 1120. The smallest absolute Gasteiger partial charge is 0.329 e. The van der Waals surface area contributed by atoms with Gasteiger partial charge in [-0.25, -0.2) is 9.97 Å². The van der Waals surface area contributed by atoms with Crippen LogP contribution in [0.15, 0.2) is 42.5 Å². The van der Waals surface area contributed by atoms with E-state index in [9.17, 15) is 18.0 Å². The van der Waals surface area contributed by atoms with Gasteiger partial charge in [0.25, 0.3) is 5.91 Å². The molecule has 1 aliphatic rings. The van der Waals surface area contributed by atoms with Crippen LogP contribution in [0.4, 0.5) is 13.2 Å². The highest BCUT2D eigenvalue weighted by atomic mass is 19.4. The van der Waals surface area contributed by atoms with Crippen LogP contribution >= 0.6 is 0 Å².